The summed E-state index contributed by atoms with van der Waals surface area (Å²) in [4.78, 5) is 1.52. The molecule has 1 aliphatic heterocycles. The lowest BCUT2D eigenvalue weighted by atomic mass is 10.0. The Hall–Kier alpha value is -0.290. The fourth-order valence-electron chi connectivity index (χ4n) is 2.39. The lowest BCUT2D eigenvalue weighted by Gasteiger charge is -2.33. The van der Waals surface area contributed by atoms with E-state index in [4.69, 9.17) is 5.73 Å². The monoisotopic (exact) mass is 238 g/mol. The summed E-state index contributed by atoms with van der Waals surface area (Å²) in [6.45, 7) is 4.79. The van der Waals surface area contributed by atoms with E-state index >= 15 is 0 Å². The van der Waals surface area contributed by atoms with E-state index in [2.05, 4.69) is 0 Å². The standard InChI is InChI=1S/C11H21F3N2/c1-3-8-5-6-16(7-8)10(9(15)4-2)11(12,13)14/h8-10H,3-7,15H2,1-2H3. The minimum atomic E-state index is -4.21. The second-order valence-electron chi connectivity index (χ2n) is 4.62. The predicted molar refractivity (Wildman–Crippen MR) is 58.1 cm³/mol. The molecule has 0 amide bonds. The average Bonchev–Trinajstić information content (AvgIpc) is 2.64. The molecule has 0 aliphatic carbocycles. The third kappa shape index (κ3) is 3.10. The van der Waals surface area contributed by atoms with E-state index < -0.39 is 18.3 Å². The molecule has 0 bridgehead atoms. The van der Waals surface area contributed by atoms with Gasteiger partial charge in [-0.2, -0.15) is 13.2 Å². The molecule has 2 N–H and O–H groups in total. The number of alkyl halides is 3. The Morgan fingerprint density at radius 3 is 2.38 bits per heavy atom. The Morgan fingerprint density at radius 2 is 2.00 bits per heavy atom. The van der Waals surface area contributed by atoms with Crippen LogP contribution in [0.2, 0.25) is 0 Å². The fraction of sp³-hybridized carbons (Fsp3) is 1.00. The third-order valence-corrected chi connectivity index (χ3v) is 3.50. The molecule has 1 aliphatic rings. The molecule has 0 radical (unpaired) electrons. The van der Waals surface area contributed by atoms with Gasteiger partial charge in [0, 0.05) is 12.6 Å². The fourth-order valence-corrected chi connectivity index (χ4v) is 2.39. The quantitative estimate of drug-likeness (QED) is 0.814. The molecular formula is C11H21F3N2. The highest BCUT2D eigenvalue weighted by atomic mass is 19.4. The van der Waals surface area contributed by atoms with Crippen molar-refractivity contribution in [1.82, 2.24) is 4.90 Å². The summed E-state index contributed by atoms with van der Waals surface area (Å²) in [6.07, 6.45) is -2.04. The van der Waals surface area contributed by atoms with Gasteiger partial charge < -0.3 is 5.73 Å². The molecule has 0 aromatic heterocycles. The summed E-state index contributed by atoms with van der Waals surface area (Å²) in [5.41, 5.74) is 5.61. The van der Waals surface area contributed by atoms with E-state index in [1.165, 1.54) is 4.90 Å². The molecule has 2 nitrogen and oxygen atoms in total. The van der Waals surface area contributed by atoms with Gasteiger partial charge in [-0.15, -0.1) is 0 Å². The van der Waals surface area contributed by atoms with E-state index in [1.807, 2.05) is 6.92 Å². The molecule has 0 saturated carbocycles. The van der Waals surface area contributed by atoms with E-state index in [0.717, 1.165) is 12.8 Å². The van der Waals surface area contributed by atoms with Gasteiger partial charge in [0.1, 0.15) is 6.04 Å². The Labute approximate surface area is 95.0 Å². The zero-order valence-corrected chi connectivity index (χ0v) is 9.93. The third-order valence-electron chi connectivity index (χ3n) is 3.50. The van der Waals surface area contributed by atoms with E-state index in [-0.39, 0.29) is 0 Å². The van der Waals surface area contributed by atoms with Crippen molar-refractivity contribution >= 4 is 0 Å². The van der Waals surface area contributed by atoms with Gasteiger partial charge in [-0.05, 0) is 25.3 Å². The van der Waals surface area contributed by atoms with Gasteiger partial charge >= 0.3 is 6.18 Å². The molecule has 96 valence electrons. The lowest BCUT2D eigenvalue weighted by Crippen LogP contribution is -2.55. The first-order chi connectivity index (χ1) is 7.40. The van der Waals surface area contributed by atoms with Gasteiger partial charge in [0.05, 0.1) is 0 Å². The highest BCUT2D eigenvalue weighted by Gasteiger charge is 2.48. The van der Waals surface area contributed by atoms with Crippen LogP contribution in [-0.2, 0) is 0 Å². The first-order valence-corrected chi connectivity index (χ1v) is 5.96. The van der Waals surface area contributed by atoms with Gasteiger partial charge in [-0.25, -0.2) is 0 Å². The maximum Gasteiger partial charge on any atom is 0.405 e. The maximum atomic E-state index is 12.9. The molecule has 1 heterocycles. The lowest BCUT2D eigenvalue weighted by molar-refractivity contribution is -0.187. The number of nitrogens with zero attached hydrogens (tertiary/aromatic N) is 1. The van der Waals surface area contributed by atoms with Crippen LogP contribution in [0.3, 0.4) is 0 Å². The van der Waals surface area contributed by atoms with Gasteiger partial charge in [-0.3, -0.25) is 4.90 Å². The molecule has 3 atom stereocenters. The zero-order chi connectivity index (χ0) is 12.3. The van der Waals surface area contributed by atoms with Crippen LogP contribution in [0.5, 0.6) is 0 Å². The molecule has 0 spiro atoms. The topological polar surface area (TPSA) is 29.3 Å². The van der Waals surface area contributed by atoms with Crippen molar-refractivity contribution in [2.75, 3.05) is 13.1 Å². The van der Waals surface area contributed by atoms with E-state index in [0.29, 0.717) is 25.4 Å². The molecule has 1 saturated heterocycles. The van der Waals surface area contributed by atoms with E-state index in [1.54, 1.807) is 6.92 Å². The molecule has 0 aromatic rings. The summed E-state index contributed by atoms with van der Waals surface area (Å²) >= 11 is 0. The van der Waals surface area contributed by atoms with Crippen molar-refractivity contribution < 1.29 is 13.2 Å². The highest BCUT2D eigenvalue weighted by molar-refractivity contribution is 4.91. The summed E-state index contributed by atoms with van der Waals surface area (Å²) < 4.78 is 38.8. The largest absolute Gasteiger partial charge is 0.405 e. The minimum Gasteiger partial charge on any atom is -0.326 e. The molecule has 3 unspecified atom stereocenters. The van der Waals surface area contributed by atoms with Crippen molar-refractivity contribution in [2.24, 2.45) is 11.7 Å². The number of likely N-dealkylation sites (tertiary alicyclic amines) is 1. The van der Waals surface area contributed by atoms with Crippen molar-refractivity contribution in [3.63, 3.8) is 0 Å². The Bertz CT molecular complexity index is 218. The van der Waals surface area contributed by atoms with Crippen molar-refractivity contribution in [3.8, 4) is 0 Å². The number of nitrogens with two attached hydrogens (primary N) is 1. The van der Waals surface area contributed by atoms with Crippen LogP contribution in [0.4, 0.5) is 13.2 Å². The van der Waals surface area contributed by atoms with Crippen LogP contribution in [0.25, 0.3) is 0 Å². The number of rotatable bonds is 4. The van der Waals surface area contributed by atoms with Crippen LogP contribution in [0, 0.1) is 5.92 Å². The Morgan fingerprint density at radius 1 is 1.38 bits per heavy atom. The maximum absolute atomic E-state index is 12.9. The average molecular weight is 238 g/mol. The molecular weight excluding hydrogens is 217 g/mol. The second-order valence-corrected chi connectivity index (χ2v) is 4.62. The summed E-state index contributed by atoms with van der Waals surface area (Å²) in [7, 11) is 0. The molecule has 0 aromatic carbocycles. The molecule has 5 heteroatoms. The second kappa shape index (κ2) is 5.36. The number of hydrogen-bond donors (Lipinski definition) is 1. The normalized spacial score (nSPS) is 27.0. The number of hydrogen-bond acceptors (Lipinski definition) is 2. The first kappa shape index (κ1) is 13.8. The zero-order valence-electron chi connectivity index (χ0n) is 9.93. The Balaban J connectivity index is 2.71. The van der Waals surface area contributed by atoms with Gasteiger partial charge in [-0.1, -0.05) is 20.3 Å². The molecule has 16 heavy (non-hydrogen) atoms. The number of halogens is 3. The van der Waals surface area contributed by atoms with Crippen molar-refractivity contribution in [3.05, 3.63) is 0 Å². The van der Waals surface area contributed by atoms with Crippen LogP contribution >= 0.6 is 0 Å². The smallest absolute Gasteiger partial charge is 0.326 e. The summed E-state index contributed by atoms with van der Waals surface area (Å²) in [5, 5.41) is 0. The van der Waals surface area contributed by atoms with Crippen molar-refractivity contribution in [1.29, 1.82) is 0 Å². The minimum absolute atomic E-state index is 0.359. The summed E-state index contributed by atoms with van der Waals surface area (Å²) in [6, 6.07) is -2.27. The first-order valence-electron chi connectivity index (χ1n) is 5.96. The van der Waals surface area contributed by atoms with Crippen LogP contribution < -0.4 is 5.73 Å². The SMILES string of the molecule is CCC1CCN(C(C(N)CC)C(F)(F)F)C1. The van der Waals surface area contributed by atoms with Crippen LogP contribution in [0.15, 0.2) is 0 Å². The van der Waals surface area contributed by atoms with Gasteiger partial charge in [0.2, 0.25) is 0 Å². The predicted octanol–water partition coefficient (Wildman–Crippen LogP) is 2.39. The van der Waals surface area contributed by atoms with Crippen LogP contribution in [0.1, 0.15) is 33.1 Å². The van der Waals surface area contributed by atoms with Gasteiger partial charge in [0.25, 0.3) is 0 Å². The van der Waals surface area contributed by atoms with Crippen LogP contribution in [-0.4, -0.2) is 36.2 Å². The van der Waals surface area contributed by atoms with E-state index in [9.17, 15) is 13.2 Å². The Kier molecular flexibility index (Phi) is 4.62. The molecule has 1 fully saturated rings. The molecule has 1 rings (SSSR count). The highest BCUT2D eigenvalue weighted by Crippen LogP contribution is 2.32. The van der Waals surface area contributed by atoms with Crippen molar-refractivity contribution in [2.45, 2.75) is 51.4 Å². The van der Waals surface area contributed by atoms with Gasteiger partial charge in [0.15, 0.2) is 0 Å². The summed E-state index contributed by atoms with van der Waals surface area (Å²) in [5.74, 6) is 0.397.